The Labute approximate surface area is 252 Å². The van der Waals surface area contributed by atoms with E-state index in [1.54, 1.807) is 11.8 Å². The highest BCUT2D eigenvalue weighted by atomic mass is 32.2. The molecule has 21 heteroatoms. The van der Waals surface area contributed by atoms with Gasteiger partial charge < -0.3 is 10.0 Å². The number of nitrogens with zero attached hydrogens (tertiary/aromatic N) is 6. The second-order valence-electron chi connectivity index (χ2n) is 9.56. The summed E-state index contributed by atoms with van der Waals surface area (Å²) in [4.78, 5) is 37.8. The maximum absolute atomic E-state index is 12.9. The number of carbonyl (C=O) groups is 3. The number of aryl methyl sites for hydroxylation is 2. The maximum Gasteiger partial charge on any atom is 0.471 e. The molecule has 0 aromatic carbocycles. The van der Waals surface area contributed by atoms with Crippen molar-refractivity contribution in [3.8, 4) is 0 Å². The van der Waals surface area contributed by atoms with Gasteiger partial charge >= 0.3 is 18.3 Å². The zero-order valence-electron chi connectivity index (χ0n) is 22.2. The Morgan fingerprint density at radius 1 is 0.860 bits per heavy atom. The van der Waals surface area contributed by atoms with Crippen LogP contribution >= 0.6 is 34.4 Å². The fraction of sp³-hybridized carbons (Fsp3) is 0.682. The molecule has 43 heavy (non-hydrogen) atoms. The summed E-state index contributed by atoms with van der Waals surface area (Å²) < 4.78 is 77.1. The molecule has 0 saturated carbocycles. The van der Waals surface area contributed by atoms with Crippen LogP contribution in [0.2, 0.25) is 0 Å². The van der Waals surface area contributed by atoms with Crippen molar-refractivity contribution in [2.24, 2.45) is 0 Å². The van der Waals surface area contributed by atoms with Gasteiger partial charge in [-0.3, -0.25) is 29.9 Å². The number of thioether (sulfide) groups is 1. The number of aliphatic hydroxyl groups is 1. The van der Waals surface area contributed by atoms with E-state index in [9.17, 15) is 45.8 Å². The van der Waals surface area contributed by atoms with E-state index in [0.717, 1.165) is 22.7 Å². The number of halogens is 6. The minimum absolute atomic E-state index is 0.0584. The minimum Gasteiger partial charge on any atom is -0.370 e. The van der Waals surface area contributed by atoms with E-state index < -0.39 is 48.4 Å². The molecular weight excluding hydrogens is 650 g/mol. The molecule has 4 rings (SSSR count). The minimum atomic E-state index is -5.06. The molecular formula is C22H26F6N8O4S3. The fourth-order valence-electron chi connectivity index (χ4n) is 4.61. The largest absolute Gasteiger partial charge is 0.471 e. The third-order valence-electron chi connectivity index (χ3n) is 6.58. The van der Waals surface area contributed by atoms with Crippen LogP contribution in [0.1, 0.15) is 35.7 Å². The van der Waals surface area contributed by atoms with Crippen molar-refractivity contribution in [3.63, 3.8) is 0 Å². The van der Waals surface area contributed by atoms with E-state index in [1.807, 2.05) is 0 Å². The molecule has 2 aliphatic heterocycles. The van der Waals surface area contributed by atoms with Crippen LogP contribution in [0.3, 0.4) is 0 Å². The Morgan fingerprint density at radius 3 is 1.91 bits per heavy atom. The van der Waals surface area contributed by atoms with Crippen molar-refractivity contribution in [1.29, 1.82) is 0 Å². The van der Waals surface area contributed by atoms with Gasteiger partial charge in [-0.25, -0.2) is 0 Å². The third-order valence-corrected chi connectivity index (χ3v) is 9.36. The Balaban J connectivity index is 1.16. The standard InChI is InChI=1S/C22H26F6N8O4S3/c23-21(24,25)17(39)35-7-1-3-11(35)15(37)29-19-33-31-13(42-19)5-9-41-10-6-14-32-34-20(43-14)30-16(38)12-4-2-8-36(12)18(40)22(26,27)28/h11-12,17,39H,1-10H2,(H,29,33,37)(H,30,34,38)/t11-,12-,17?/m0/s1. The second-order valence-corrected chi connectivity index (χ2v) is 12.9. The first-order valence-corrected chi connectivity index (χ1v) is 15.8. The van der Waals surface area contributed by atoms with Crippen molar-refractivity contribution in [3.05, 3.63) is 10.0 Å². The summed E-state index contributed by atoms with van der Waals surface area (Å²) in [5, 5.41) is 31.6. The molecule has 2 aromatic rings. The number of anilines is 2. The summed E-state index contributed by atoms with van der Waals surface area (Å²) in [5.74, 6) is -2.24. The van der Waals surface area contributed by atoms with Crippen molar-refractivity contribution >= 4 is 62.4 Å². The van der Waals surface area contributed by atoms with Gasteiger partial charge in [-0.05, 0) is 37.2 Å². The summed E-state index contributed by atoms with van der Waals surface area (Å²) in [7, 11) is 0. The van der Waals surface area contributed by atoms with Gasteiger partial charge in [0.25, 0.3) is 0 Å². The van der Waals surface area contributed by atoms with Gasteiger partial charge in [0, 0.05) is 25.9 Å². The highest BCUT2D eigenvalue weighted by Crippen LogP contribution is 2.30. The summed E-state index contributed by atoms with van der Waals surface area (Å²) >= 11 is 3.72. The first-order valence-electron chi connectivity index (χ1n) is 13.0. The van der Waals surface area contributed by atoms with Crippen LogP contribution in [0.25, 0.3) is 0 Å². The number of likely N-dealkylation sites (tertiary alicyclic amines) is 2. The number of amides is 3. The van der Waals surface area contributed by atoms with Gasteiger partial charge in [-0.1, -0.05) is 22.7 Å². The van der Waals surface area contributed by atoms with Crippen LogP contribution in [0.15, 0.2) is 0 Å². The number of aromatic nitrogens is 4. The topological polar surface area (TPSA) is 154 Å². The van der Waals surface area contributed by atoms with Crippen molar-refractivity contribution in [2.75, 3.05) is 35.2 Å². The highest BCUT2D eigenvalue weighted by Gasteiger charge is 2.49. The molecule has 0 bridgehead atoms. The molecule has 4 heterocycles. The fourth-order valence-corrected chi connectivity index (χ4v) is 7.23. The van der Waals surface area contributed by atoms with E-state index >= 15 is 0 Å². The van der Waals surface area contributed by atoms with Crippen LogP contribution in [-0.4, -0.2) is 108 Å². The van der Waals surface area contributed by atoms with Gasteiger partial charge in [0.1, 0.15) is 16.1 Å². The Bertz CT molecular complexity index is 1290. The summed E-state index contributed by atoms with van der Waals surface area (Å²) in [5.41, 5.74) is 0. The number of hydrogen-bond acceptors (Lipinski definition) is 12. The molecule has 2 aliphatic rings. The number of alkyl halides is 6. The molecule has 2 fully saturated rings. The Hall–Kier alpha value is -2.62. The van der Waals surface area contributed by atoms with Crippen molar-refractivity contribution in [2.45, 2.75) is 69.2 Å². The molecule has 2 aromatic heterocycles. The molecule has 2 saturated heterocycles. The number of rotatable bonds is 11. The zero-order chi connectivity index (χ0) is 31.4. The summed E-state index contributed by atoms with van der Waals surface area (Å²) in [6, 6.07) is -2.37. The normalized spacial score (nSPS) is 20.4. The zero-order valence-corrected chi connectivity index (χ0v) is 24.6. The summed E-state index contributed by atoms with van der Waals surface area (Å²) in [6.07, 6.45) is -10.7. The number of aliphatic hydroxyl groups excluding tert-OH is 1. The van der Waals surface area contributed by atoms with Crippen LogP contribution in [-0.2, 0) is 27.2 Å². The molecule has 0 spiro atoms. The molecule has 0 radical (unpaired) electrons. The van der Waals surface area contributed by atoms with Crippen LogP contribution < -0.4 is 10.6 Å². The van der Waals surface area contributed by atoms with E-state index in [0.29, 0.717) is 50.6 Å². The van der Waals surface area contributed by atoms with Crippen LogP contribution in [0.5, 0.6) is 0 Å². The molecule has 238 valence electrons. The lowest BCUT2D eigenvalue weighted by Gasteiger charge is -2.29. The van der Waals surface area contributed by atoms with E-state index in [4.69, 9.17) is 0 Å². The van der Waals surface area contributed by atoms with E-state index in [1.165, 1.54) is 0 Å². The number of nitrogens with one attached hydrogen (secondary N) is 2. The van der Waals surface area contributed by atoms with E-state index in [-0.39, 0.29) is 42.6 Å². The molecule has 1 unspecified atom stereocenters. The predicted molar refractivity (Wildman–Crippen MR) is 144 cm³/mol. The smallest absolute Gasteiger partial charge is 0.370 e. The van der Waals surface area contributed by atoms with Crippen LogP contribution in [0.4, 0.5) is 36.6 Å². The van der Waals surface area contributed by atoms with Crippen LogP contribution in [0, 0.1) is 0 Å². The first-order chi connectivity index (χ1) is 20.2. The Morgan fingerprint density at radius 2 is 1.37 bits per heavy atom. The van der Waals surface area contributed by atoms with Gasteiger partial charge in [0.15, 0.2) is 0 Å². The predicted octanol–water partition coefficient (Wildman–Crippen LogP) is 2.68. The monoisotopic (exact) mass is 676 g/mol. The average molecular weight is 677 g/mol. The second kappa shape index (κ2) is 14.0. The molecule has 3 amide bonds. The van der Waals surface area contributed by atoms with Crippen molar-refractivity contribution < 1.29 is 45.8 Å². The molecule has 3 atom stereocenters. The lowest BCUT2D eigenvalue weighted by Crippen LogP contribution is -2.51. The lowest BCUT2D eigenvalue weighted by atomic mass is 10.2. The highest BCUT2D eigenvalue weighted by molar-refractivity contribution is 7.99. The van der Waals surface area contributed by atoms with Gasteiger partial charge in [-0.15, -0.1) is 20.4 Å². The Kier molecular flexibility index (Phi) is 10.8. The van der Waals surface area contributed by atoms with Crippen molar-refractivity contribution in [1.82, 2.24) is 30.2 Å². The first kappa shape index (κ1) is 33.3. The summed E-state index contributed by atoms with van der Waals surface area (Å²) in [6.45, 7) is -0.214. The number of hydrogen-bond donors (Lipinski definition) is 3. The lowest BCUT2D eigenvalue weighted by molar-refractivity contribution is -0.251. The van der Waals surface area contributed by atoms with Gasteiger partial charge in [-0.2, -0.15) is 38.1 Å². The third kappa shape index (κ3) is 8.73. The molecule has 0 aliphatic carbocycles. The number of carbonyl (C=O) groups excluding carboxylic acids is 3. The molecule has 12 nitrogen and oxygen atoms in total. The maximum atomic E-state index is 12.9. The average Bonchev–Trinajstić information content (AvgIpc) is 3.74. The SMILES string of the molecule is O=C(Nc1nnc(CCSCCc2nnc(NC(=O)[C@@H]3CCCN3C(O)C(F)(F)F)s2)s1)[C@@H]1CCCN1C(=O)C(F)(F)F. The van der Waals surface area contributed by atoms with Gasteiger partial charge in [0.2, 0.25) is 28.3 Å². The quantitative estimate of drug-likeness (QED) is 0.239. The van der Waals surface area contributed by atoms with E-state index in [2.05, 4.69) is 31.0 Å². The van der Waals surface area contributed by atoms with Gasteiger partial charge in [0.05, 0.1) is 6.04 Å². The molecule has 3 N–H and O–H groups in total.